The molecule has 1 heterocycles. The minimum absolute atomic E-state index is 0.234. The molecule has 12 heavy (non-hydrogen) atoms. The molecule has 0 aliphatic rings. The summed E-state index contributed by atoms with van der Waals surface area (Å²) in [6.07, 6.45) is 8.62. The van der Waals surface area contributed by atoms with Gasteiger partial charge in [0.05, 0.1) is 0 Å². The van der Waals surface area contributed by atoms with Crippen molar-refractivity contribution in [3.05, 3.63) is 36.2 Å². The predicted octanol–water partition coefficient (Wildman–Crippen LogP) is 1.83. The highest BCUT2D eigenvalue weighted by molar-refractivity contribution is 5.47. The first-order valence-electron chi connectivity index (χ1n) is 4.11. The molecule has 0 fully saturated rings. The molecule has 1 atom stereocenters. The Hall–Kier alpha value is -1.15. The van der Waals surface area contributed by atoms with E-state index in [1.807, 2.05) is 31.3 Å². The molecule has 0 radical (unpaired) electrons. The summed E-state index contributed by atoms with van der Waals surface area (Å²) in [5, 5.41) is 0. The second kappa shape index (κ2) is 4.67. The van der Waals surface area contributed by atoms with Crippen LogP contribution in [0.4, 0.5) is 0 Å². The molecule has 0 aromatic carbocycles. The van der Waals surface area contributed by atoms with E-state index in [0.717, 1.165) is 12.0 Å². The van der Waals surface area contributed by atoms with E-state index >= 15 is 0 Å². The average molecular weight is 162 g/mol. The summed E-state index contributed by atoms with van der Waals surface area (Å²) in [5.41, 5.74) is 6.71. The van der Waals surface area contributed by atoms with Gasteiger partial charge in [-0.15, -0.1) is 0 Å². The van der Waals surface area contributed by atoms with Crippen LogP contribution in [0.1, 0.15) is 18.9 Å². The molecule has 0 unspecified atom stereocenters. The van der Waals surface area contributed by atoms with Crippen molar-refractivity contribution in [1.82, 2.24) is 4.98 Å². The molecule has 0 aliphatic heterocycles. The second-order valence-electron chi connectivity index (χ2n) is 2.90. The molecule has 2 heteroatoms. The highest BCUT2D eigenvalue weighted by Gasteiger charge is 1.87. The van der Waals surface area contributed by atoms with Gasteiger partial charge in [0.2, 0.25) is 0 Å². The van der Waals surface area contributed by atoms with E-state index in [-0.39, 0.29) is 6.04 Å². The molecule has 0 saturated heterocycles. The van der Waals surface area contributed by atoms with Crippen LogP contribution in [-0.2, 0) is 0 Å². The first kappa shape index (κ1) is 8.94. The molecule has 0 bridgehead atoms. The lowest BCUT2D eigenvalue weighted by molar-refractivity contribution is 0.759. The summed E-state index contributed by atoms with van der Waals surface area (Å²) >= 11 is 0. The van der Waals surface area contributed by atoms with E-state index in [9.17, 15) is 0 Å². The van der Waals surface area contributed by atoms with E-state index in [4.69, 9.17) is 5.73 Å². The number of rotatable bonds is 3. The van der Waals surface area contributed by atoms with E-state index < -0.39 is 0 Å². The standard InChI is InChI=1S/C10H14N2/c1-9(11)4-2-5-10-6-3-7-12-8-10/h2-3,5-9H,4,11H2,1H3/b5-2-/t9-/m1/s1. The molecule has 1 rings (SSSR count). The molecular weight excluding hydrogens is 148 g/mol. The Morgan fingerprint density at radius 2 is 2.50 bits per heavy atom. The highest BCUT2D eigenvalue weighted by atomic mass is 14.6. The third kappa shape index (κ3) is 3.30. The zero-order valence-corrected chi connectivity index (χ0v) is 7.27. The van der Waals surface area contributed by atoms with E-state index in [2.05, 4.69) is 11.1 Å². The van der Waals surface area contributed by atoms with Crippen molar-refractivity contribution in [3.63, 3.8) is 0 Å². The van der Waals surface area contributed by atoms with Gasteiger partial charge in [-0.25, -0.2) is 0 Å². The highest BCUT2D eigenvalue weighted by Crippen LogP contribution is 2.00. The number of hydrogen-bond donors (Lipinski definition) is 1. The number of nitrogens with two attached hydrogens (primary N) is 1. The Morgan fingerprint density at radius 3 is 3.08 bits per heavy atom. The average Bonchev–Trinajstić information content (AvgIpc) is 2.05. The third-order valence-electron chi connectivity index (χ3n) is 1.50. The Balaban J connectivity index is 2.47. The van der Waals surface area contributed by atoms with Gasteiger partial charge in [-0.2, -0.15) is 0 Å². The fourth-order valence-corrected chi connectivity index (χ4v) is 0.893. The van der Waals surface area contributed by atoms with Gasteiger partial charge in [-0.3, -0.25) is 4.98 Å². The van der Waals surface area contributed by atoms with Gasteiger partial charge in [0.1, 0.15) is 0 Å². The lowest BCUT2D eigenvalue weighted by Crippen LogP contribution is -2.12. The first-order valence-corrected chi connectivity index (χ1v) is 4.11. The third-order valence-corrected chi connectivity index (χ3v) is 1.50. The Kier molecular flexibility index (Phi) is 3.48. The lowest BCUT2D eigenvalue weighted by Gasteiger charge is -1.97. The minimum Gasteiger partial charge on any atom is -0.328 e. The lowest BCUT2D eigenvalue weighted by atomic mass is 10.2. The van der Waals surface area contributed by atoms with Gasteiger partial charge in [-0.1, -0.05) is 18.2 Å². The van der Waals surface area contributed by atoms with Crippen LogP contribution in [0.2, 0.25) is 0 Å². The number of nitrogens with zero attached hydrogens (tertiary/aromatic N) is 1. The van der Waals surface area contributed by atoms with Crippen LogP contribution in [0.25, 0.3) is 6.08 Å². The Bertz CT molecular complexity index is 239. The maximum atomic E-state index is 5.59. The van der Waals surface area contributed by atoms with E-state index in [1.165, 1.54) is 0 Å². The van der Waals surface area contributed by atoms with E-state index in [1.54, 1.807) is 6.20 Å². The van der Waals surface area contributed by atoms with Crippen LogP contribution in [-0.4, -0.2) is 11.0 Å². The summed E-state index contributed by atoms with van der Waals surface area (Å²) in [4.78, 5) is 4.00. The van der Waals surface area contributed by atoms with Crippen LogP contribution >= 0.6 is 0 Å². The van der Waals surface area contributed by atoms with Crippen molar-refractivity contribution < 1.29 is 0 Å². The summed E-state index contributed by atoms with van der Waals surface area (Å²) in [6, 6.07) is 4.17. The molecule has 0 spiro atoms. The monoisotopic (exact) mass is 162 g/mol. The maximum absolute atomic E-state index is 5.59. The van der Waals surface area contributed by atoms with Crippen molar-refractivity contribution in [2.75, 3.05) is 0 Å². The second-order valence-corrected chi connectivity index (χ2v) is 2.90. The molecule has 1 aromatic heterocycles. The van der Waals surface area contributed by atoms with Crippen LogP contribution < -0.4 is 5.73 Å². The van der Waals surface area contributed by atoms with Crippen LogP contribution in [0.5, 0.6) is 0 Å². The predicted molar refractivity (Wildman–Crippen MR) is 51.5 cm³/mol. The van der Waals surface area contributed by atoms with Crippen LogP contribution in [0.15, 0.2) is 30.6 Å². The number of pyridine rings is 1. The maximum Gasteiger partial charge on any atom is 0.0340 e. The smallest absolute Gasteiger partial charge is 0.0340 e. The normalized spacial score (nSPS) is 13.5. The zero-order valence-electron chi connectivity index (χ0n) is 7.27. The molecule has 64 valence electrons. The van der Waals surface area contributed by atoms with Crippen molar-refractivity contribution >= 4 is 6.08 Å². The molecule has 2 N–H and O–H groups in total. The SMILES string of the molecule is C[C@@H](N)C/C=C\c1cccnc1. The summed E-state index contributed by atoms with van der Waals surface area (Å²) < 4.78 is 0. The summed E-state index contributed by atoms with van der Waals surface area (Å²) in [7, 11) is 0. The fourth-order valence-electron chi connectivity index (χ4n) is 0.893. The summed E-state index contributed by atoms with van der Waals surface area (Å²) in [5.74, 6) is 0. The number of hydrogen-bond acceptors (Lipinski definition) is 2. The largest absolute Gasteiger partial charge is 0.328 e. The fraction of sp³-hybridized carbons (Fsp3) is 0.300. The molecular formula is C10H14N2. The van der Waals surface area contributed by atoms with Gasteiger partial charge in [0.15, 0.2) is 0 Å². The summed E-state index contributed by atoms with van der Waals surface area (Å²) in [6.45, 7) is 1.99. The molecule has 0 aliphatic carbocycles. The van der Waals surface area contributed by atoms with Crippen molar-refractivity contribution in [2.45, 2.75) is 19.4 Å². The van der Waals surface area contributed by atoms with Gasteiger partial charge in [0.25, 0.3) is 0 Å². The van der Waals surface area contributed by atoms with Crippen LogP contribution in [0, 0.1) is 0 Å². The van der Waals surface area contributed by atoms with Crippen molar-refractivity contribution in [2.24, 2.45) is 5.73 Å². The van der Waals surface area contributed by atoms with Crippen LogP contribution in [0.3, 0.4) is 0 Å². The van der Waals surface area contributed by atoms with Gasteiger partial charge in [-0.05, 0) is 25.0 Å². The minimum atomic E-state index is 0.234. The topological polar surface area (TPSA) is 38.9 Å². The van der Waals surface area contributed by atoms with Crippen molar-refractivity contribution in [1.29, 1.82) is 0 Å². The Labute approximate surface area is 73.1 Å². The van der Waals surface area contributed by atoms with Gasteiger partial charge in [0, 0.05) is 18.4 Å². The molecule has 1 aromatic rings. The van der Waals surface area contributed by atoms with Gasteiger partial charge >= 0.3 is 0 Å². The Morgan fingerprint density at radius 1 is 1.67 bits per heavy atom. The van der Waals surface area contributed by atoms with Crippen molar-refractivity contribution in [3.8, 4) is 0 Å². The van der Waals surface area contributed by atoms with E-state index in [0.29, 0.717) is 0 Å². The molecule has 0 amide bonds. The molecule has 2 nitrogen and oxygen atoms in total. The zero-order chi connectivity index (χ0) is 8.81. The quantitative estimate of drug-likeness (QED) is 0.736. The number of aromatic nitrogens is 1. The first-order chi connectivity index (χ1) is 5.79. The van der Waals surface area contributed by atoms with Gasteiger partial charge < -0.3 is 5.73 Å². The molecule has 0 saturated carbocycles.